The molecule has 0 aromatic carbocycles. The molecule has 0 rings (SSSR count). The van der Waals surface area contributed by atoms with Crippen LogP contribution >= 0.6 is 9.12 Å². The summed E-state index contributed by atoms with van der Waals surface area (Å²) in [6.45, 7) is 0. The Kier molecular flexibility index (Phi) is 2.67. The highest BCUT2D eigenvalue weighted by Crippen LogP contribution is 2.09. The number of hydrogen-bond donors (Lipinski definition) is 1. The van der Waals surface area contributed by atoms with Gasteiger partial charge in [-0.3, -0.25) is 0 Å². The SMILES string of the molecule is NC(=O)OPF. The Morgan fingerprint density at radius 1 is 2.00 bits per heavy atom. The summed E-state index contributed by atoms with van der Waals surface area (Å²) in [5, 5.41) is 0. The molecular formula is CH3FNO2P. The molecule has 0 radical (unpaired) electrons. The van der Waals surface area contributed by atoms with E-state index in [1.807, 2.05) is 0 Å². The fraction of sp³-hybridized carbons (Fsp3) is 0. The quantitative estimate of drug-likeness (QED) is 0.502. The minimum Gasteiger partial charge on any atom is -0.399 e. The zero-order valence-corrected chi connectivity index (χ0v) is 3.77. The fourth-order valence-corrected chi connectivity index (χ4v) is 0.114. The summed E-state index contributed by atoms with van der Waals surface area (Å²) in [7, 11) is -1.34. The molecular weight excluding hydrogens is 108 g/mol. The predicted octanol–water partition coefficient (Wildman–Crippen LogP) is 0.560. The lowest BCUT2D eigenvalue weighted by molar-refractivity contribution is 0.215. The highest BCUT2D eigenvalue weighted by atomic mass is 31.1. The van der Waals surface area contributed by atoms with Gasteiger partial charge in [0, 0.05) is 0 Å². The first-order valence-electron chi connectivity index (χ1n) is 1.09. The van der Waals surface area contributed by atoms with E-state index >= 15 is 0 Å². The van der Waals surface area contributed by atoms with Crippen LogP contribution in [0.1, 0.15) is 0 Å². The molecule has 2 N–H and O–H groups in total. The normalized spacial score (nSPS) is 9.50. The van der Waals surface area contributed by atoms with Crippen LogP contribution in [0.3, 0.4) is 0 Å². The van der Waals surface area contributed by atoms with Crippen molar-refractivity contribution in [1.82, 2.24) is 0 Å². The second-order valence-corrected chi connectivity index (χ2v) is 0.857. The molecule has 0 aromatic rings. The Hall–Kier alpha value is -0.370. The summed E-state index contributed by atoms with van der Waals surface area (Å²) in [4.78, 5) is 9.37. The predicted molar refractivity (Wildman–Crippen MR) is 20.1 cm³/mol. The van der Waals surface area contributed by atoms with Gasteiger partial charge < -0.3 is 10.3 Å². The van der Waals surface area contributed by atoms with Crippen LogP contribution in [0.25, 0.3) is 0 Å². The maximum absolute atomic E-state index is 10.7. The van der Waals surface area contributed by atoms with Crippen LogP contribution in [-0.4, -0.2) is 6.09 Å². The maximum atomic E-state index is 10.7. The average Bonchev–Trinajstić information content (AvgIpc) is 1.35. The largest absolute Gasteiger partial charge is 0.409 e. The van der Waals surface area contributed by atoms with Crippen molar-refractivity contribution >= 4 is 15.2 Å². The Labute approximate surface area is 35.6 Å². The van der Waals surface area contributed by atoms with Crippen LogP contribution in [-0.2, 0) is 4.52 Å². The van der Waals surface area contributed by atoms with Crippen LogP contribution in [0.15, 0.2) is 0 Å². The third kappa shape index (κ3) is 3.63. The molecule has 6 heavy (non-hydrogen) atoms. The molecule has 0 aromatic heterocycles. The van der Waals surface area contributed by atoms with Gasteiger partial charge in [-0.15, -0.1) is 0 Å². The van der Waals surface area contributed by atoms with Crippen LogP contribution in [0.4, 0.5) is 8.99 Å². The van der Waals surface area contributed by atoms with Crippen molar-refractivity contribution in [1.29, 1.82) is 0 Å². The van der Waals surface area contributed by atoms with E-state index in [-0.39, 0.29) is 0 Å². The molecule has 1 unspecified atom stereocenters. The monoisotopic (exact) mass is 111 g/mol. The van der Waals surface area contributed by atoms with Crippen molar-refractivity contribution in [2.75, 3.05) is 0 Å². The smallest absolute Gasteiger partial charge is 0.399 e. The van der Waals surface area contributed by atoms with Gasteiger partial charge in [0.1, 0.15) is 0 Å². The summed E-state index contributed by atoms with van der Waals surface area (Å²) in [5.41, 5.74) is 4.31. The first-order chi connectivity index (χ1) is 2.77. The Morgan fingerprint density at radius 2 is 2.50 bits per heavy atom. The van der Waals surface area contributed by atoms with Crippen LogP contribution < -0.4 is 5.73 Å². The van der Waals surface area contributed by atoms with E-state index in [1.54, 1.807) is 0 Å². The van der Waals surface area contributed by atoms with Crippen LogP contribution in [0, 0.1) is 0 Å². The number of rotatable bonds is 1. The lowest BCUT2D eigenvalue weighted by atomic mass is 11.3. The first kappa shape index (κ1) is 5.63. The van der Waals surface area contributed by atoms with E-state index in [9.17, 15) is 8.99 Å². The van der Waals surface area contributed by atoms with E-state index in [2.05, 4.69) is 10.3 Å². The Bertz CT molecular complexity index is 57.5. The van der Waals surface area contributed by atoms with Gasteiger partial charge in [-0.1, -0.05) is 0 Å². The molecule has 0 saturated heterocycles. The van der Waals surface area contributed by atoms with Gasteiger partial charge in [0.05, 0.1) is 0 Å². The zero-order chi connectivity index (χ0) is 4.99. The molecule has 0 spiro atoms. The van der Waals surface area contributed by atoms with Crippen molar-refractivity contribution in [3.8, 4) is 0 Å². The molecule has 0 aliphatic heterocycles. The van der Waals surface area contributed by atoms with E-state index in [1.165, 1.54) is 0 Å². The Morgan fingerprint density at radius 3 is 2.50 bits per heavy atom. The van der Waals surface area contributed by atoms with Gasteiger partial charge in [0.25, 0.3) is 9.12 Å². The summed E-state index contributed by atoms with van der Waals surface area (Å²) in [6.07, 6.45) is -1.07. The Balaban J connectivity index is 2.83. The van der Waals surface area contributed by atoms with Crippen molar-refractivity contribution in [3.05, 3.63) is 0 Å². The second-order valence-electron chi connectivity index (χ2n) is 0.498. The van der Waals surface area contributed by atoms with Gasteiger partial charge >= 0.3 is 6.09 Å². The lowest BCUT2D eigenvalue weighted by Gasteiger charge is -1.84. The highest BCUT2D eigenvalue weighted by molar-refractivity contribution is 7.26. The highest BCUT2D eigenvalue weighted by Gasteiger charge is 1.86. The van der Waals surface area contributed by atoms with Gasteiger partial charge in [0.2, 0.25) is 0 Å². The number of halogens is 1. The molecule has 1 atom stereocenters. The maximum Gasteiger partial charge on any atom is 0.409 e. The third-order valence-electron chi connectivity index (χ3n) is 0.139. The molecule has 0 aliphatic carbocycles. The van der Waals surface area contributed by atoms with Gasteiger partial charge in [-0.05, 0) is 0 Å². The van der Waals surface area contributed by atoms with Gasteiger partial charge in [-0.25, -0.2) is 4.79 Å². The molecule has 3 nitrogen and oxygen atoms in total. The van der Waals surface area contributed by atoms with E-state index in [0.29, 0.717) is 0 Å². The first-order valence-corrected chi connectivity index (χ1v) is 1.88. The molecule has 0 bridgehead atoms. The van der Waals surface area contributed by atoms with Crippen molar-refractivity contribution < 1.29 is 13.5 Å². The summed E-state index contributed by atoms with van der Waals surface area (Å²) in [6, 6.07) is 0. The summed E-state index contributed by atoms with van der Waals surface area (Å²) >= 11 is 0. The second kappa shape index (κ2) is 2.85. The number of nitrogens with two attached hydrogens (primary N) is 1. The minimum atomic E-state index is -1.34. The van der Waals surface area contributed by atoms with Gasteiger partial charge in [-0.2, -0.15) is 4.20 Å². The third-order valence-corrected chi connectivity index (χ3v) is 0.418. The number of carbonyl (C=O) groups is 1. The molecule has 36 valence electrons. The number of carbonyl (C=O) groups excluding carboxylic acids is 1. The lowest BCUT2D eigenvalue weighted by Crippen LogP contribution is -2.06. The van der Waals surface area contributed by atoms with E-state index in [0.717, 1.165) is 0 Å². The number of amides is 1. The van der Waals surface area contributed by atoms with E-state index < -0.39 is 15.2 Å². The molecule has 0 fully saturated rings. The molecule has 0 saturated carbocycles. The molecule has 0 heterocycles. The number of hydrogen-bond acceptors (Lipinski definition) is 2. The topological polar surface area (TPSA) is 52.3 Å². The fourth-order valence-electron chi connectivity index (χ4n) is 0.0380. The van der Waals surface area contributed by atoms with Crippen LogP contribution in [0.5, 0.6) is 0 Å². The summed E-state index contributed by atoms with van der Waals surface area (Å²) in [5.74, 6) is 0. The minimum absolute atomic E-state index is 1.07. The zero-order valence-electron chi connectivity index (χ0n) is 2.77. The van der Waals surface area contributed by atoms with Crippen molar-refractivity contribution in [2.45, 2.75) is 0 Å². The average molecular weight is 111 g/mol. The number of primary amides is 1. The summed E-state index contributed by atoms with van der Waals surface area (Å²) < 4.78 is 14.3. The van der Waals surface area contributed by atoms with E-state index in [4.69, 9.17) is 0 Å². The molecule has 0 aliphatic rings. The van der Waals surface area contributed by atoms with Gasteiger partial charge in [0.15, 0.2) is 0 Å². The molecule has 5 heteroatoms. The van der Waals surface area contributed by atoms with Crippen LogP contribution in [0.2, 0.25) is 0 Å². The van der Waals surface area contributed by atoms with Crippen molar-refractivity contribution in [2.24, 2.45) is 5.73 Å². The standard InChI is InChI=1S/CH3FNO2P/c2-6-5-1(3)4/h6H,(H2,3,4). The molecule has 1 amide bonds. The van der Waals surface area contributed by atoms with Crippen molar-refractivity contribution in [3.63, 3.8) is 0 Å².